The molecule has 0 bridgehead atoms. The van der Waals surface area contributed by atoms with Gasteiger partial charge in [0.05, 0.1) is 25.1 Å². The summed E-state index contributed by atoms with van der Waals surface area (Å²) in [6.07, 6.45) is 7.99. The molecule has 10 nitrogen and oxygen atoms in total. The molecule has 3 amide bonds. The van der Waals surface area contributed by atoms with Gasteiger partial charge in [-0.1, -0.05) is 72.8 Å². The van der Waals surface area contributed by atoms with Crippen LogP contribution in [0.1, 0.15) is 37.4 Å². The van der Waals surface area contributed by atoms with E-state index < -0.39 is 29.4 Å². The van der Waals surface area contributed by atoms with Crippen molar-refractivity contribution in [3.05, 3.63) is 96.5 Å². The monoisotopic (exact) mass is 544 g/mol. The topological polar surface area (TPSA) is 132 Å². The van der Waals surface area contributed by atoms with Crippen LogP contribution in [0.3, 0.4) is 0 Å². The molecule has 2 aromatic carbocycles. The summed E-state index contributed by atoms with van der Waals surface area (Å²) >= 11 is 0. The lowest BCUT2D eigenvalue weighted by atomic mass is 10.0. The number of nitrogens with zero attached hydrogens (tertiary/aromatic N) is 3. The Morgan fingerprint density at radius 1 is 1.05 bits per heavy atom. The smallest absolute Gasteiger partial charge is 0.250 e. The third-order valence-corrected chi connectivity index (χ3v) is 6.47. The predicted molar refractivity (Wildman–Crippen MR) is 152 cm³/mol. The van der Waals surface area contributed by atoms with Gasteiger partial charge in [-0.2, -0.15) is 0 Å². The molecule has 1 aliphatic rings. The minimum absolute atomic E-state index is 0.0598. The number of carbonyl (C=O) groups excluding carboxylic acids is 3. The first-order valence-electron chi connectivity index (χ1n) is 13.3. The molecule has 0 fully saturated rings. The molecule has 0 radical (unpaired) electrons. The average molecular weight is 545 g/mol. The minimum atomic E-state index is -1.19. The molecule has 0 spiro atoms. The van der Waals surface area contributed by atoms with E-state index in [9.17, 15) is 14.4 Å². The van der Waals surface area contributed by atoms with Gasteiger partial charge in [-0.25, -0.2) is 4.98 Å². The standard InChI is InChI=1S/C30H36N6O4/c1-30(2,31)29(39)33-24(20-40-19-22-12-6-3-7-13-22)27(37)34-25-18-36(21-32-25)26(23-14-8-4-9-15-23)28(38)35-16-10-5-11-17-35/h3-10,12-15,18,21,24,26H,11,16-17,19-20,31H2,1-2H3,(H,33,39)(H,34,37). The number of hydrogen-bond acceptors (Lipinski definition) is 6. The number of rotatable bonds is 11. The van der Waals surface area contributed by atoms with Gasteiger partial charge in [0.2, 0.25) is 5.91 Å². The van der Waals surface area contributed by atoms with Gasteiger partial charge in [0.15, 0.2) is 5.82 Å². The van der Waals surface area contributed by atoms with Crippen LogP contribution >= 0.6 is 0 Å². The number of hydrogen-bond donors (Lipinski definition) is 3. The molecule has 0 saturated carbocycles. The third kappa shape index (κ3) is 7.64. The Hall–Kier alpha value is -4.28. The fourth-order valence-corrected chi connectivity index (χ4v) is 4.24. The van der Waals surface area contributed by atoms with E-state index in [1.807, 2.05) is 66.7 Å². The quantitative estimate of drug-likeness (QED) is 0.318. The Morgan fingerprint density at radius 2 is 1.75 bits per heavy atom. The summed E-state index contributed by atoms with van der Waals surface area (Å²) in [4.78, 5) is 45.6. The Kier molecular flexibility index (Phi) is 9.47. The van der Waals surface area contributed by atoms with Crippen LogP contribution in [0.5, 0.6) is 0 Å². The molecule has 40 heavy (non-hydrogen) atoms. The van der Waals surface area contributed by atoms with Gasteiger partial charge in [0, 0.05) is 19.3 Å². The highest BCUT2D eigenvalue weighted by Gasteiger charge is 2.30. The molecule has 1 aromatic heterocycles. The zero-order valence-corrected chi connectivity index (χ0v) is 22.8. The van der Waals surface area contributed by atoms with Crippen molar-refractivity contribution < 1.29 is 19.1 Å². The summed E-state index contributed by atoms with van der Waals surface area (Å²) < 4.78 is 7.45. The number of nitrogens with one attached hydrogen (secondary N) is 2. The minimum Gasteiger partial charge on any atom is -0.374 e. The maximum Gasteiger partial charge on any atom is 0.250 e. The van der Waals surface area contributed by atoms with Crippen molar-refractivity contribution in [2.75, 3.05) is 25.0 Å². The van der Waals surface area contributed by atoms with E-state index in [1.165, 1.54) is 6.33 Å². The summed E-state index contributed by atoms with van der Waals surface area (Å²) in [7, 11) is 0. The molecule has 2 unspecified atom stereocenters. The zero-order valence-electron chi connectivity index (χ0n) is 22.8. The second-order valence-electron chi connectivity index (χ2n) is 10.3. The first kappa shape index (κ1) is 28.7. The highest BCUT2D eigenvalue weighted by molar-refractivity contribution is 5.98. The fourth-order valence-electron chi connectivity index (χ4n) is 4.24. The molecule has 2 heterocycles. The van der Waals surface area contributed by atoms with Crippen LogP contribution in [0.15, 0.2) is 85.3 Å². The number of imidazole rings is 1. The Labute approximate surface area is 234 Å². The maximum absolute atomic E-state index is 13.6. The van der Waals surface area contributed by atoms with Gasteiger partial charge in [-0.3, -0.25) is 14.4 Å². The summed E-state index contributed by atoms with van der Waals surface area (Å²) in [5, 5.41) is 5.43. The van der Waals surface area contributed by atoms with Gasteiger partial charge < -0.3 is 30.6 Å². The van der Waals surface area contributed by atoms with Crippen molar-refractivity contribution in [1.29, 1.82) is 0 Å². The lowest BCUT2D eigenvalue weighted by Crippen LogP contribution is -2.56. The van der Waals surface area contributed by atoms with Crippen molar-refractivity contribution in [2.45, 2.75) is 44.5 Å². The first-order chi connectivity index (χ1) is 19.2. The summed E-state index contributed by atoms with van der Waals surface area (Å²) in [6.45, 7) is 4.50. The molecule has 4 N–H and O–H groups in total. The number of benzene rings is 2. The van der Waals surface area contributed by atoms with Crippen molar-refractivity contribution in [3.63, 3.8) is 0 Å². The van der Waals surface area contributed by atoms with Crippen LogP contribution in [0.25, 0.3) is 0 Å². The van der Waals surface area contributed by atoms with Crippen molar-refractivity contribution >= 4 is 23.5 Å². The van der Waals surface area contributed by atoms with Gasteiger partial charge >= 0.3 is 0 Å². The van der Waals surface area contributed by atoms with Crippen LogP contribution < -0.4 is 16.4 Å². The van der Waals surface area contributed by atoms with Gasteiger partial charge in [-0.15, -0.1) is 0 Å². The number of ether oxygens (including phenoxy) is 1. The van der Waals surface area contributed by atoms with E-state index in [2.05, 4.69) is 21.7 Å². The van der Waals surface area contributed by atoms with Crippen LogP contribution in [-0.4, -0.2) is 63.4 Å². The second kappa shape index (κ2) is 13.2. The molecular weight excluding hydrogens is 508 g/mol. The first-order valence-corrected chi connectivity index (χ1v) is 13.3. The number of nitrogens with two attached hydrogens (primary N) is 1. The molecule has 3 aromatic rings. The normalized spacial score (nSPS) is 14.8. The number of amides is 3. The number of anilines is 1. The Morgan fingerprint density at radius 3 is 2.40 bits per heavy atom. The van der Waals surface area contributed by atoms with E-state index in [0.717, 1.165) is 17.5 Å². The highest BCUT2D eigenvalue weighted by atomic mass is 16.5. The zero-order chi connectivity index (χ0) is 28.5. The van der Waals surface area contributed by atoms with E-state index in [0.29, 0.717) is 13.1 Å². The van der Waals surface area contributed by atoms with Gasteiger partial charge in [-0.05, 0) is 31.4 Å². The van der Waals surface area contributed by atoms with Crippen LogP contribution in [-0.2, 0) is 25.7 Å². The Balaban J connectivity index is 1.49. The number of carbonyl (C=O) groups is 3. The summed E-state index contributed by atoms with van der Waals surface area (Å²) in [5.41, 5.74) is 6.50. The molecular formula is C30H36N6O4. The summed E-state index contributed by atoms with van der Waals surface area (Å²) in [5.74, 6) is -0.825. The van der Waals surface area contributed by atoms with Crippen molar-refractivity contribution in [3.8, 4) is 0 Å². The van der Waals surface area contributed by atoms with E-state index in [-0.39, 0.29) is 24.9 Å². The van der Waals surface area contributed by atoms with E-state index >= 15 is 0 Å². The molecule has 0 aliphatic carbocycles. The van der Waals surface area contributed by atoms with Crippen LogP contribution in [0, 0.1) is 0 Å². The van der Waals surface area contributed by atoms with Crippen molar-refractivity contribution in [1.82, 2.24) is 19.8 Å². The number of aromatic nitrogens is 2. The lowest BCUT2D eigenvalue weighted by molar-refractivity contribution is -0.133. The molecule has 4 rings (SSSR count). The second-order valence-corrected chi connectivity index (χ2v) is 10.3. The predicted octanol–water partition coefficient (Wildman–Crippen LogP) is 2.64. The largest absolute Gasteiger partial charge is 0.374 e. The molecule has 210 valence electrons. The van der Waals surface area contributed by atoms with Crippen LogP contribution in [0.2, 0.25) is 0 Å². The average Bonchev–Trinajstić information content (AvgIpc) is 3.41. The SMILES string of the molecule is CC(C)(N)C(=O)NC(COCc1ccccc1)C(=O)Nc1cn(C(C(=O)N2CC=CCC2)c2ccccc2)cn1. The summed E-state index contributed by atoms with van der Waals surface area (Å²) in [6, 6.07) is 17.3. The third-order valence-electron chi connectivity index (χ3n) is 6.47. The van der Waals surface area contributed by atoms with Crippen molar-refractivity contribution in [2.24, 2.45) is 5.73 Å². The van der Waals surface area contributed by atoms with Gasteiger partial charge in [0.25, 0.3) is 11.8 Å². The molecule has 2 atom stereocenters. The molecule has 0 saturated heterocycles. The van der Waals surface area contributed by atoms with Crippen LogP contribution in [0.4, 0.5) is 5.82 Å². The fraction of sp³-hybridized carbons (Fsp3) is 0.333. The van der Waals surface area contributed by atoms with E-state index in [1.54, 1.807) is 29.5 Å². The Bertz CT molecular complexity index is 1320. The molecule has 1 aliphatic heterocycles. The van der Waals surface area contributed by atoms with Gasteiger partial charge in [0.1, 0.15) is 12.1 Å². The molecule has 10 heteroatoms. The lowest BCUT2D eigenvalue weighted by Gasteiger charge is -2.29. The highest BCUT2D eigenvalue weighted by Crippen LogP contribution is 2.23. The van der Waals surface area contributed by atoms with E-state index in [4.69, 9.17) is 10.5 Å². The maximum atomic E-state index is 13.6.